The fourth-order valence-electron chi connectivity index (χ4n) is 8.73. The van der Waals surface area contributed by atoms with E-state index in [1.165, 1.54) is 17.7 Å². The molecular formula is C59H107B6N7O17. The average Bonchev–Trinajstić information content (AvgIpc) is 2.08. The average molecular weight is 1250 g/mol. The fraction of sp³-hybridized carbons (Fsp3) is 0.814. The van der Waals surface area contributed by atoms with Gasteiger partial charge in [0, 0.05) is 55.9 Å². The molecule has 6 saturated heterocycles. The molecule has 5 N–H and O–H groups in total. The summed E-state index contributed by atoms with van der Waals surface area (Å²) >= 11 is 0. The molecule has 89 heavy (non-hydrogen) atoms. The van der Waals surface area contributed by atoms with Crippen LogP contribution in [0.25, 0.3) is 0 Å². The Kier molecular flexibility index (Phi) is 25.7. The molecule has 0 atom stereocenters. The highest BCUT2D eigenvalue weighted by molar-refractivity contribution is 6.62. The number of nitriles is 1. The van der Waals surface area contributed by atoms with Crippen molar-refractivity contribution in [2.75, 3.05) is 32.8 Å². The van der Waals surface area contributed by atoms with Gasteiger partial charge in [0.05, 0.1) is 80.9 Å². The maximum absolute atomic E-state index is 11.9. The van der Waals surface area contributed by atoms with Crippen molar-refractivity contribution in [3.63, 3.8) is 0 Å². The highest BCUT2D eigenvalue weighted by Crippen LogP contribution is 2.44. The molecule has 24 nitrogen and oxygen atoms in total. The number of hydrogen-bond acceptors (Lipinski definition) is 20. The number of H-pyrrole nitrogens is 2. The fourth-order valence-corrected chi connectivity index (χ4v) is 8.73. The minimum Gasteiger partial charge on any atom is -0.444 e. The molecule has 0 saturated carbocycles. The molecule has 9 heterocycles. The second-order valence-electron chi connectivity index (χ2n) is 30.3. The van der Waals surface area contributed by atoms with E-state index in [4.69, 9.17) is 76.1 Å². The molecule has 6 fully saturated rings. The topological polar surface area (TPSA) is 291 Å². The van der Waals surface area contributed by atoms with Gasteiger partial charge in [-0.25, -0.2) is 9.59 Å². The van der Waals surface area contributed by atoms with Crippen LogP contribution in [0.2, 0.25) is 18.5 Å². The Morgan fingerprint density at radius 2 is 1.10 bits per heavy atom. The Morgan fingerprint density at radius 3 is 1.47 bits per heavy atom. The lowest BCUT2D eigenvalue weighted by Gasteiger charge is -2.40. The monoisotopic (exact) mass is 1250 g/mol. The van der Waals surface area contributed by atoms with Gasteiger partial charge in [0.25, 0.3) is 0 Å². The van der Waals surface area contributed by atoms with Gasteiger partial charge in [-0.15, -0.1) is 0 Å². The standard InChI is InChI=1S/C14H26BNO4.C13H26BNO4.C11H19BO3.C9H15BN2O2.C9H16BNO2.C3H5BN2O2/c1-12(2,3)18-11(17)16-8-10(9-16)15-19-13(4,5)14(6,7)20-15;1-11(2,3)17-10(16)15-9-8-14-18-12(4,5)13(6,7)19-14;1-10(2)11(3,4)15-12(14-10)9-5-7-13-8-6-9;1-8(2)9(3,4)14-10(13-8)7-5-11-12-6-7;1-8(2)9(3,4)13-10(12-8)6-5-7-11;7-4(8)3-1-2-5-6-3/h10H,8-9H2,1-7H3;8-9H2,1-7H3,(H,15,16);5H,6-8H2,1-4H3;5-6H,1-4H3,(H,11,12);5-6H2,1-4H3;1-2,7-8H,(H,5,6). The first-order valence-electron chi connectivity index (χ1n) is 31.1. The van der Waals surface area contributed by atoms with Crippen LogP contribution in [-0.2, 0) is 60.8 Å². The summed E-state index contributed by atoms with van der Waals surface area (Å²) in [6, 6.07) is 3.58. The summed E-state index contributed by atoms with van der Waals surface area (Å²) in [5.41, 5.74) is -1.34. The SMILES string of the molecule is CC(C)(C)OC(=O)N1CC(B2OC(C)(C)C(C)(C)O2)C1.CC(C)(C)OC(=O)NCCB1OC(C)(C)C(C)(C)O1.CC1(C)OB(C2=CCOCC2)OC1(C)C.CC1(C)OB(CCC#N)OC1(C)C.CC1(C)OB(c2cn[nH]c2)OC1(C)C.OB(O)c1ccn[nH]1. The van der Waals surface area contributed by atoms with Gasteiger partial charge in [0.2, 0.25) is 0 Å². The van der Waals surface area contributed by atoms with Crippen LogP contribution in [0, 0.1) is 11.3 Å². The number of amides is 2. The van der Waals surface area contributed by atoms with E-state index in [0.29, 0.717) is 50.9 Å². The molecule has 7 aliphatic heterocycles. The van der Waals surface area contributed by atoms with Crippen molar-refractivity contribution in [3.05, 3.63) is 36.2 Å². The predicted octanol–water partition coefficient (Wildman–Crippen LogP) is 8.06. The maximum Gasteiger partial charge on any atom is 0.507 e. The van der Waals surface area contributed by atoms with Gasteiger partial charge in [-0.2, -0.15) is 15.5 Å². The molecule has 0 aromatic carbocycles. The van der Waals surface area contributed by atoms with Crippen molar-refractivity contribution >= 4 is 66.0 Å². The maximum atomic E-state index is 11.9. The zero-order chi connectivity index (χ0) is 67.8. The number of alkyl carbamates (subject to hydrolysis) is 1. The Bertz CT molecular complexity index is 2550. The molecule has 30 heteroatoms. The summed E-state index contributed by atoms with van der Waals surface area (Å²) in [6.45, 7) is 55.0. The third-order valence-electron chi connectivity index (χ3n) is 17.8. The van der Waals surface area contributed by atoms with Crippen molar-refractivity contribution in [3.8, 4) is 6.07 Å². The van der Waals surface area contributed by atoms with Crippen molar-refractivity contribution in [1.82, 2.24) is 30.6 Å². The summed E-state index contributed by atoms with van der Waals surface area (Å²) < 4.78 is 74.4. The largest absolute Gasteiger partial charge is 0.507 e. The van der Waals surface area contributed by atoms with Gasteiger partial charge >= 0.3 is 54.9 Å². The molecular weight excluding hydrogens is 1140 g/mol. The number of likely N-dealkylation sites (tertiary alicyclic amines) is 1. The second kappa shape index (κ2) is 29.6. The number of nitrogens with one attached hydrogen (secondary N) is 3. The van der Waals surface area contributed by atoms with E-state index >= 15 is 0 Å². The van der Waals surface area contributed by atoms with E-state index in [2.05, 4.69) is 65.6 Å². The molecule has 498 valence electrons. The molecule has 0 radical (unpaired) electrons. The third kappa shape index (κ3) is 21.8. The van der Waals surface area contributed by atoms with Crippen LogP contribution in [0.4, 0.5) is 9.59 Å². The molecule has 9 rings (SSSR count). The summed E-state index contributed by atoms with van der Waals surface area (Å²) in [4.78, 5) is 25.0. The lowest BCUT2D eigenvalue weighted by molar-refractivity contribution is 0.00578. The van der Waals surface area contributed by atoms with Crippen LogP contribution >= 0.6 is 0 Å². The van der Waals surface area contributed by atoms with E-state index in [9.17, 15) is 9.59 Å². The first-order valence-corrected chi connectivity index (χ1v) is 31.1. The number of ether oxygens (including phenoxy) is 3. The molecule has 0 spiro atoms. The molecule has 7 aliphatic rings. The minimum absolute atomic E-state index is 0.182. The number of rotatable bonds is 9. The van der Waals surface area contributed by atoms with Crippen molar-refractivity contribution < 1.29 is 80.4 Å². The first-order chi connectivity index (χ1) is 40.4. The van der Waals surface area contributed by atoms with Gasteiger partial charge in [0.1, 0.15) is 11.2 Å². The van der Waals surface area contributed by atoms with E-state index in [1.54, 1.807) is 17.3 Å². The Hall–Kier alpha value is -3.94. The minimum atomic E-state index is -1.43. The number of nitrogens with zero attached hydrogens (tertiary/aromatic N) is 4. The number of aromatic nitrogens is 4. The summed E-state index contributed by atoms with van der Waals surface area (Å²) in [5, 5.41) is 40.4. The summed E-state index contributed by atoms with van der Waals surface area (Å²) in [5.74, 6) is 0.226. The molecule has 2 aromatic heterocycles. The first kappa shape index (κ1) is 77.5. The number of carbonyl (C=O) groups is 2. The molecule has 0 unspecified atom stereocenters. The number of aromatic amines is 2. The van der Waals surface area contributed by atoms with Gasteiger partial charge in [-0.3, -0.25) is 10.2 Å². The predicted molar refractivity (Wildman–Crippen MR) is 346 cm³/mol. The summed E-state index contributed by atoms with van der Waals surface area (Å²) in [7, 11) is -2.67. The van der Waals surface area contributed by atoms with Crippen molar-refractivity contribution in [2.45, 2.75) is 279 Å². The zero-order valence-corrected chi connectivity index (χ0v) is 58.6. The molecule has 2 aromatic rings. The van der Waals surface area contributed by atoms with E-state index in [-0.39, 0.29) is 104 Å². The van der Waals surface area contributed by atoms with Gasteiger partial charge in [0.15, 0.2) is 0 Å². The Labute approximate surface area is 533 Å². The van der Waals surface area contributed by atoms with Crippen LogP contribution in [0.1, 0.15) is 193 Å². The quantitative estimate of drug-likeness (QED) is 0.148. The van der Waals surface area contributed by atoms with Crippen LogP contribution in [0.3, 0.4) is 0 Å². The number of carbonyl (C=O) groups excluding carboxylic acids is 2. The van der Waals surface area contributed by atoms with Crippen LogP contribution in [0.5, 0.6) is 0 Å². The second-order valence-corrected chi connectivity index (χ2v) is 30.3. The smallest absolute Gasteiger partial charge is 0.444 e. The molecule has 0 aliphatic carbocycles. The van der Waals surface area contributed by atoms with E-state index < -0.39 is 24.4 Å². The molecule has 0 bridgehead atoms. The van der Waals surface area contributed by atoms with Crippen LogP contribution in [-0.4, -0.2) is 190 Å². The van der Waals surface area contributed by atoms with Crippen molar-refractivity contribution in [1.29, 1.82) is 5.26 Å². The summed E-state index contributed by atoms with van der Waals surface area (Å²) in [6.07, 6.45) is 9.03. The lowest BCUT2D eigenvalue weighted by Crippen LogP contribution is -2.54. The van der Waals surface area contributed by atoms with E-state index in [1.807, 2.05) is 152 Å². The highest BCUT2D eigenvalue weighted by Gasteiger charge is 2.58. The van der Waals surface area contributed by atoms with Crippen LogP contribution < -0.4 is 16.4 Å². The molecule has 2 amide bonds. The normalized spacial score (nSPS) is 23.4. The van der Waals surface area contributed by atoms with Gasteiger partial charge in [-0.1, -0.05) is 6.08 Å². The van der Waals surface area contributed by atoms with Crippen molar-refractivity contribution in [2.24, 2.45) is 0 Å². The van der Waals surface area contributed by atoms with Gasteiger partial charge in [-0.05, 0) is 211 Å². The Morgan fingerprint density at radius 1 is 0.663 bits per heavy atom. The van der Waals surface area contributed by atoms with Crippen LogP contribution in [0.15, 0.2) is 36.2 Å². The zero-order valence-electron chi connectivity index (χ0n) is 58.6. The van der Waals surface area contributed by atoms with Gasteiger partial charge < -0.3 is 81.0 Å². The lowest BCUT2D eigenvalue weighted by atomic mass is 9.67. The third-order valence-corrected chi connectivity index (χ3v) is 17.8. The number of hydrogen-bond donors (Lipinski definition) is 5. The van der Waals surface area contributed by atoms with E-state index in [0.717, 1.165) is 18.5 Å². The highest BCUT2D eigenvalue weighted by atomic mass is 16.7. The Balaban J connectivity index is 0.000000232.